The van der Waals surface area contributed by atoms with Crippen LogP contribution in [-0.4, -0.2) is 91.2 Å². The van der Waals surface area contributed by atoms with E-state index in [4.69, 9.17) is 9.47 Å². The van der Waals surface area contributed by atoms with Crippen LogP contribution in [0.15, 0.2) is 11.6 Å². The number of piperidine rings is 1. The number of carbonyl (C=O) groups is 3. The zero-order chi connectivity index (χ0) is 29.4. The molecule has 42 heavy (non-hydrogen) atoms. The summed E-state index contributed by atoms with van der Waals surface area (Å²) in [6.45, 7) is 11.9. The molecule has 6 unspecified atom stereocenters. The molecule has 7 aliphatic rings. The molecule has 4 bridgehead atoms. The fourth-order valence-electron chi connectivity index (χ4n) is 11.8. The minimum absolute atomic E-state index is 0.0635. The number of hydrogen-bond acceptors (Lipinski definition) is 6. The smallest absolute Gasteiger partial charge is 0.315 e. The predicted octanol–water partition coefficient (Wildman–Crippen LogP) is 4.03. The van der Waals surface area contributed by atoms with E-state index in [0.717, 1.165) is 76.4 Å². The van der Waals surface area contributed by atoms with Gasteiger partial charge in [0.05, 0.1) is 30.8 Å². The lowest BCUT2D eigenvalue weighted by atomic mass is 9.41. The number of morpholine rings is 1. The molecule has 3 saturated carbocycles. The van der Waals surface area contributed by atoms with Crippen molar-refractivity contribution in [2.45, 2.75) is 84.3 Å². The quantitative estimate of drug-likeness (QED) is 0.358. The van der Waals surface area contributed by atoms with E-state index in [9.17, 15) is 19.5 Å². The molecule has 3 saturated heterocycles. The Hall–Kier alpha value is -1.77. The van der Waals surface area contributed by atoms with Gasteiger partial charge in [0.1, 0.15) is 11.7 Å². The highest BCUT2D eigenvalue weighted by atomic mass is 16.5. The zero-order valence-electron chi connectivity index (χ0n) is 25.8. The Morgan fingerprint density at radius 2 is 1.79 bits per heavy atom. The van der Waals surface area contributed by atoms with Crippen LogP contribution in [0.2, 0.25) is 0 Å². The van der Waals surface area contributed by atoms with Gasteiger partial charge in [0.15, 0.2) is 0 Å². The van der Waals surface area contributed by atoms with E-state index in [1.165, 1.54) is 0 Å². The van der Waals surface area contributed by atoms with Crippen LogP contribution in [0, 0.1) is 51.8 Å². The summed E-state index contributed by atoms with van der Waals surface area (Å²) in [5.74, 6) is 0.817. The minimum Gasteiger partial charge on any atom is -0.481 e. The summed E-state index contributed by atoms with van der Waals surface area (Å²) in [7, 11) is 0. The van der Waals surface area contributed by atoms with Crippen molar-refractivity contribution in [3.8, 4) is 0 Å². The molecule has 3 aliphatic heterocycles. The second kappa shape index (κ2) is 10.4. The molecule has 0 aromatic carbocycles. The molecule has 0 aromatic rings. The number of aldehydes is 1. The number of amides is 1. The zero-order valence-corrected chi connectivity index (χ0v) is 25.8. The maximum absolute atomic E-state index is 13.8. The third-order valence-electron chi connectivity index (χ3n) is 13.4. The van der Waals surface area contributed by atoms with Crippen molar-refractivity contribution in [2.24, 2.45) is 51.8 Å². The molecular weight excluding hydrogens is 532 g/mol. The van der Waals surface area contributed by atoms with E-state index in [-0.39, 0.29) is 41.8 Å². The average Bonchev–Trinajstić information content (AvgIpc) is 3.73. The van der Waals surface area contributed by atoms with Crippen LogP contribution >= 0.6 is 0 Å². The first-order valence-electron chi connectivity index (χ1n) is 16.9. The largest absolute Gasteiger partial charge is 0.481 e. The SMILES string of the molecule is CC(C)C1=CC2CC3(C=O)[C@@H]4CC[C@@H](C)[C@H]4CC2(C2CCC(CN4CCC(C(=O)N5CCOCC5)CC4)O2)C13C(=O)O. The van der Waals surface area contributed by atoms with Crippen LogP contribution in [-0.2, 0) is 23.9 Å². The van der Waals surface area contributed by atoms with Crippen LogP contribution in [0.1, 0.15) is 72.1 Å². The van der Waals surface area contributed by atoms with Gasteiger partial charge in [0.25, 0.3) is 0 Å². The first-order chi connectivity index (χ1) is 20.2. The molecule has 7 rings (SSSR count). The number of hydrogen-bond donors (Lipinski definition) is 1. The van der Waals surface area contributed by atoms with Gasteiger partial charge in [0.2, 0.25) is 5.91 Å². The lowest BCUT2D eigenvalue weighted by Gasteiger charge is -2.60. The van der Waals surface area contributed by atoms with E-state index in [1.54, 1.807) is 0 Å². The van der Waals surface area contributed by atoms with Gasteiger partial charge >= 0.3 is 5.97 Å². The molecule has 6 fully saturated rings. The fourth-order valence-corrected chi connectivity index (χ4v) is 11.8. The number of likely N-dealkylation sites (tertiary alicyclic amines) is 1. The molecule has 1 N–H and O–H groups in total. The number of carboxylic acids is 1. The molecule has 0 radical (unpaired) electrons. The number of allylic oxidation sites excluding steroid dienone is 1. The Morgan fingerprint density at radius 1 is 1.05 bits per heavy atom. The lowest BCUT2D eigenvalue weighted by Crippen LogP contribution is -2.65. The van der Waals surface area contributed by atoms with Gasteiger partial charge in [-0.1, -0.05) is 38.8 Å². The van der Waals surface area contributed by atoms with Gasteiger partial charge in [-0.15, -0.1) is 0 Å². The van der Waals surface area contributed by atoms with E-state index < -0.39 is 22.2 Å². The van der Waals surface area contributed by atoms with Crippen LogP contribution in [0.3, 0.4) is 0 Å². The molecular formula is C34H50N2O6. The van der Waals surface area contributed by atoms with E-state index in [2.05, 4.69) is 31.7 Å². The molecule has 232 valence electrons. The van der Waals surface area contributed by atoms with Gasteiger partial charge in [-0.3, -0.25) is 9.59 Å². The molecule has 3 heterocycles. The van der Waals surface area contributed by atoms with E-state index >= 15 is 0 Å². The van der Waals surface area contributed by atoms with Gasteiger partial charge in [-0.05, 0) is 87.6 Å². The van der Waals surface area contributed by atoms with E-state index in [0.29, 0.717) is 44.6 Å². The van der Waals surface area contributed by atoms with Gasteiger partial charge in [-0.25, -0.2) is 0 Å². The number of ether oxygens (including phenoxy) is 2. The second-order valence-electron chi connectivity index (χ2n) is 15.2. The molecule has 0 aromatic heterocycles. The van der Waals surface area contributed by atoms with Crippen molar-refractivity contribution in [3.63, 3.8) is 0 Å². The standard InChI is InChI=1S/C34H50N2O6/c1-21(2)28-16-24-17-32(20-37)27-6-4-22(3)26(27)18-33(24,34(28,32)31(39)40)29-7-5-25(42-29)19-35-10-8-23(9-11-35)30(38)36-12-14-41-15-13-36/h16,20-27,29H,4-15,17-19H2,1-3H3,(H,39,40)/t22-,24?,25?,26-,27-,29?,32?,33?,34?/m1/s1. The third-order valence-corrected chi connectivity index (χ3v) is 13.4. The lowest BCUT2D eigenvalue weighted by molar-refractivity contribution is -0.197. The van der Waals surface area contributed by atoms with Crippen molar-refractivity contribution in [3.05, 3.63) is 11.6 Å². The highest BCUT2D eigenvalue weighted by Gasteiger charge is 2.86. The number of nitrogens with zero attached hydrogens (tertiary/aromatic N) is 2. The Balaban J connectivity index is 1.10. The molecule has 8 nitrogen and oxygen atoms in total. The number of carboxylic acid groups (broad SMARTS) is 1. The summed E-state index contributed by atoms with van der Waals surface area (Å²) in [5, 5.41) is 11.3. The number of fused-ring (bicyclic) bond motifs is 2. The highest BCUT2D eigenvalue weighted by Crippen LogP contribution is 2.84. The second-order valence-corrected chi connectivity index (χ2v) is 15.2. The highest BCUT2D eigenvalue weighted by molar-refractivity contribution is 5.90. The van der Waals surface area contributed by atoms with Crippen LogP contribution in [0.4, 0.5) is 0 Å². The first kappa shape index (κ1) is 29.0. The summed E-state index contributed by atoms with van der Waals surface area (Å²) >= 11 is 0. The summed E-state index contributed by atoms with van der Waals surface area (Å²) in [5.41, 5.74) is -1.55. The van der Waals surface area contributed by atoms with Crippen LogP contribution < -0.4 is 0 Å². The summed E-state index contributed by atoms with van der Waals surface area (Å²) in [6, 6.07) is 0. The fraction of sp³-hybridized carbons (Fsp3) is 0.853. The summed E-state index contributed by atoms with van der Waals surface area (Å²) < 4.78 is 12.4. The first-order valence-corrected chi connectivity index (χ1v) is 16.9. The third kappa shape index (κ3) is 3.73. The number of carbonyl (C=O) groups excluding carboxylic acids is 2. The summed E-state index contributed by atoms with van der Waals surface area (Å²) in [6.07, 6.45) is 10.5. The van der Waals surface area contributed by atoms with Gasteiger partial charge in [0, 0.05) is 31.0 Å². The topological polar surface area (TPSA) is 96.4 Å². The average molecular weight is 583 g/mol. The van der Waals surface area contributed by atoms with Crippen molar-refractivity contribution in [1.82, 2.24) is 9.80 Å². The maximum atomic E-state index is 13.8. The normalized spacial score (nSPS) is 45.3. The molecule has 8 heteroatoms. The number of aliphatic carboxylic acids is 1. The number of rotatable bonds is 7. The van der Waals surface area contributed by atoms with Gasteiger partial charge in [-0.2, -0.15) is 0 Å². The van der Waals surface area contributed by atoms with E-state index in [1.807, 2.05) is 4.90 Å². The van der Waals surface area contributed by atoms with Crippen molar-refractivity contribution >= 4 is 18.2 Å². The Bertz CT molecular complexity index is 1140. The monoisotopic (exact) mass is 582 g/mol. The molecule has 0 spiro atoms. The van der Waals surface area contributed by atoms with Crippen LogP contribution in [0.25, 0.3) is 0 Å². The van der Waals surface area contributed by atoms with Gasteiger partial charge < -0.3 is 29.2 Å². The van der Waals surface area contributed by atoms with Crippen molar-refractivity contribution in [2.75, 3.05) is 45.9 Å². The Morgan fingerprint density at radius 3 is 2.45 bits per heavy atom. The van der Waals surface area contributed by atoms with Crippen molar-refractivity contribution in [1.29, 1.82) is 0 Å². The minimum atomic E-state index is -1.16. The molecule has 1 amide bonds. The van der Waals surface area contributed by atoms with Crippen molar-refractivity contribution < 1.29 is 29.0 Å². The summed E-state index contributed by atoms with van der Waals surface area (Å²) in [4.78, 5) is 44.6. The molecule has 9 atom stereocenters. The molecule has 4 aliphatic carbocycles. The van der Waals surface area contributed by atoms with Crippen LogP contribution in [0.5, 0.6) is 0 Å². The Kier molecular flexibility index (Phi) is 7.18. The maximum Gasteiger partial charge on any atom is 0.315 e. The predicted molar refractivity (Wildman–Crippen MR) is 156 cm³/mol. The Labute approximate surface area is 250 Å².